The van der Waals surface area contributed by atoms with Crippen LogP contribution in [0.5, 0.6) is 0 Å². The Hall–Kier alpha value is -1.37. The van der Waals surface area contributed by atoms with E-state index in [0.29, 0.717) is 0 Å². The van der Waals surface area contributed by atoms with Crippen LogP contribution >= 0.6 is 0 Å². The molecule has 1 heterocycles. The van der Waals surface area contributed by atoms with Gasteiger partial charge in [0.05, 0.1) is 0 Å². The summed E-state index contributed by atoms with van der Waals surface area (Å²) in [7, 11) is 0. The zero-order valence-corrected chi connectivity index (χ0v) is 6.77. The molecule has 1 aliphatic rings. The van der Waals surface area contributed by atoms with Crippen molar-refractivity contribution in [3.05, 3.63) is 12.2 Å². The number of aromatic nitrogens is 3. The van der Waals surface area contributed by atoms with Crippen LogP contribution in [0.25, 0.3) is 0 Å². The highest BCUT2D eigenvalue weighted by atomic mass is 15.3. The first kappa shape index (κ1) is 7.29. The summed E-state index contributed by atoms with van der Waals surface area (Å²) < 4.78 is 1.77. The largest absolute Gasteiger partial charge is 0.252 e. The van der Waals surface area contributed by atoms with Gasteiger partial charge in [-0.1, -0.05) is 6.42 Å². The predicted molar refractivity (Wildman–Crippen MR) is 42.1 cm³/mol. The Morgan fingerprint density at radius 1 is 1.67 bits per heavy atom. The molecule has 1 aromatic heterocycles. The molecule has 0 aliphatic heterocycles. The van der Waals surface area contributed by atoms with Gasteiger partial charge in [-0.3, -0.25) is 4.68 Å². The van der Waals surface area contributed by atoms with Crippen LogP contribution in [0.2, 0.25) is 0 Å². The van der Waals surface area contributed by atoms with Crippen molar-refractivity contribution in [1.29, 1.82) is 5.26 Å². The Morgan fingerprint density at radius 3 is 3.00 bits per heavy atom. The van der Waals surface area contributed by atoms with Crippen molar-refractivity contribution in [1.82, 2.24) is 14.8 Å². The van der Waals surface area contributed by atoms with Crippen LogP contribution in [0.3, 0.4) is 0 Å². The molecule has 0 bridgehead atoms. The molecule has 1 fully saturated rings. The van der Waals surface area contributed by atoms with Gasteiger partial charge in [-0.05, 0) is 18.8 Å². The lowest BCUT2D eigenvalue weighted by molar-refractivity contribution is 0.266. The van der Waals surface area contributed by atoms with E-state index in [2.05, 4.69) is 10.1 Å². The fourth-order valence-electron chi connectivity index (χ4n) is 1.37. The molecule has 0 atom stereocenters. The minimum Gasteiger partial charge on any atom is -0.251 e. The third-order valence-electron chi connectivity index (χ3n) is 2.31. The molecule has 0 N–H and O–H groups in total. The maximum Gasteiger partial charge on any atom is 0.252 e. The topological polar surface area (TPSA) is 54.5 Å². The van der Waals surface area contributed by atoms with Crippen LogP contribution in [0.15, 0.2) is 6.33 Å². The van der Waals surface area contributed by atoms with Crippen molar-refractivity contribution in [3.8, 4) is 6.07 Å². The zero-order chi connectivity index (χ0) is 8.39. The minimum atomic E-state index is 0.273. The van der Waals surface area contributed by atoms with Crippen molar-refractivity contribution in [3.63, 3.8) is 0 Å². The molecule has 0 radical (unpaired) electrons. The third kappa shape index (κ3) is 1.30. The van der Waals surface area contributed by atoms with Gasteiger partial charge < -0.3 is 0 Å². The summed E-state index contributed by atoms with van der Waals surface area (Å²) in [6, 6.07) is 1.91. The summed E-state index contributed by atoms with van der Waals surface area (Å²) in [5, 5.41) is 12.5. The van der Waals surface area contributed by atoms with Gasteiger partial charge in [0.15, 0.2) is 0 Å². The molecule has 1 saturated carbocycles. The second-order valence-electron chi connectivity index (χ2n) is 3.20. The number of hydrogen-bond acceptors (Lipinski definition) is 3. The van der Waals surface area contributed by atoms with E-state index < -0.39 is 0 Å². The van der Waals surface area contributed by atoms with Crippen molar-refractivity contribution in [2.45, 2.75) is 25.8 Å². The van der Waals surface area contributed by atoms with E-state index in [9.17, 15) is 0 Å². The van der Waals surface area contributed by atoms with Crippen LogP contribution in [-0.4, -0.2) is 14.8 Å². The summed E-state index contributed by atoms with van der Waals surface area (Å²) in [5.74, 6) is 1.03. The Labute approximate surface area is 70.8 Å². The Morgan fingerprint density at radius 2 is 2.50 bits per heavy atom. The summed E-state index contributed by atoms with van der Waals surface area (Å²) in [6.45, 7) is 0.925. The monoisotopic (exact) mass is 162 g/mol. The summed E-state index contributed by atoms with van der Waals surface area (Å²) in [6.07, 6.45) is 5.56. The zero-order valence-electron chi connectivity index (χ0n) is 6.77. The molecule has 0 saturated heterocycles. The summed E-state index contributed by atoms with van der Waals surface area (Å²) in [4.78, 5) is 3.84. The molecule has 0 unspecified atom stereocenters. The molecule has 62 valence electrons. The molecule has 2 rings (SSSR count). The molecule has 4 heteroatoms. The average molecular weight is 162 g/mol. The third-order valence-corrected chi connectivity index (χ3v) is 2.31. The highest BCUT2D eigenvalue weighted by Gasteiger charge is 2.18. The van der Waals surface area contributed by atoms with E-state index in [-0.39, 0.29) is 5.82 Å². The van der Waals surface area contributed by atoms with E-state index in [1.54, 1.807) is 11.0 Å². The normalized spacial score (nSPS) is 16.9. The van der Waals surface area contributed by atoms with Crippen LogP contribution in [0.1, 0.15) is 25.1 Å². The highest BCUT2D eigenvalue weighted by molar-refractivity contribution is 5.05. The fraction of sp³-hybridized carbons (Fsp3) is 0.625. The molecule has 0 amide bonds. The maximum atomic E-state index is 8.47. The van der Waals surface area contributed by atoms with Gasteiger partial charge in [-0.25, -0.2) is 4.98 Å². The maximum absolute atomic E-state index is 8.47. The standard InChI is InChI=1S/C8H10N4/c9-4-8-10-6-12(11-8)5-7-2-1-3-7/h6-7H,1-3,5H2. The number of rotatable bonds is 2. The van der Waals surface area contributed by atoms with Crippen molar-refractivity contribution in [2.24, 2.45) is 5.92 Å². The van der Waals surface area contributed by atoms with Gasteiger partial charge in [0.25, 0.3) is 5.82 Å². The van der Waals surface area contributed by atoms with Gasteiger partial charge in [-0.15, -0.1) is 5.10 Å². The van der Waals surface area contributed by atoms with Crippen molar-refractivity contribution >= 4 is 0 Å². The molecule has 1 aromatic rings. The SMILES string of the molecule is N#Cc1ncn(CC2CCC2)n1. The molecule has 1 aliphatic carbocycles. The smallest absolute Gasteiger partial charge is 0.251 e. The van der Waals surface area contributed by atoms with Gasteiger partial charge in [-0.2, -0.15) is 5.26 Å². The number of nitrogens with zero attached hydrogens (tertiary/aromatic N) is 4. The quantitative estimate of drug-likeness (QED) is 0.650. The first-order valence-electron chi connectivity index (χ1n) is 4.18. The summed E-state index contributed by atoms with van der Waals surface area (Å²) in [5.41, 5.74) is 0. The van der Waals surface area contributed by atoms with E-state index in [1.807, 2.05) is 6.07 Å². The van der Waals surface area contributed by atoms with Crippen molar-refractivity contribution < 1.29 is 0 Å². The molecular weight excluding hydrogens is 152 g/mol. The number of hydrogen-bond donors (Lipinski definition) is 0. The first-order valence-corrected chi connectivity index (χ1v) is 4.18. The van der Waals surface area contributed by atoms with Crippen molar-refractivity contribution in [2.75, 3.05) is 0 Å². The van der Waals surface area contributed by atoms with Crippen LogP contribution in [0.4, 0.5) is 0 Å². The summed E-state index contributed by atoms with van der Waals surface area (Å²) >= 11 is 0. The van der Waals surface area contributed by atoms with Crippen LogP contribution in [-0.2, 0) is 6.54 Å². The molecule has 12 heavy (non-hydrogen) atoms. The van der Waals surface area contributed by atoms with Gasteiger partial charge >= 0.3 is 0 Å². The predicted octanol–water partition coefficient (Wildman–Crippen LogP) is 0.950. The average Bonchev–Trinajstić information content (AvgIpc) is 2.44. The minimum absolute atomic E-state index is 0.273. The lowest BCUT2D eigenvalue weighted by Gasteiger charge is -2.24. The van der Waals surface area contributed by atoms with Crippen LogP contribution < -0.4 is 0 Å². The van der Waals surface area contributed by atoms with Gasteiger partial charge in [0.1, 0.15) is 12.4 Å². The first-order chi connectivity index (χ1) is 5.88. The molecule has 0 aromatic carbocycles. The second kappa shape index (κ2) is 2.94. The van der Waals surface area contributed by atoms with Crippen LogP contribution in [0, 0.1) is 17.2 Å². The number of nitriles is 1. The van der Waals surface area contributed by atoms with E-state index in [1.165, 1.54) is 19.3 Å². The second-order valence-corrected chi connectivity index (χ2v) is 3.20. The Balaban J connectivity index is 1.99. The Kier molecular flexibility index (Phi) is 1.78. The molecule has 4 nitrogen and oxygen atoms in total. The van der Waals surface area contributed by atoms with E-state index in [0.717, 1.165) is 12.5 Å². The highest BCUT2D eigenvalue weighted by Crippen LogP contribution is 2.27. The lowest BCUT2D eigenvalue weighted by Crippen LogP contribution is -2.18. The Bertz CT molecular complexity index is 305. The van der Waals surface area contributed by atoms with E-state index in [4.69, 9.17) is 5.26 Å². The molecule has 0 spiro atoms. The molecular formula is C8H10N4. The van der Waals surface area contributed by atoms with E-state index >= 15 is 0 Å². The van der Waals surface area contributed by atoms with Gasteiger partial charge in [0.2, 0.25) is 0 Å². The lowest BCUT2D eigenvalue weighted by atomic mass is 9.86. The fourth-order valence-corrected chi connectivity index (χ4v) is 1.37. The van der Waals surface area contributed by atoms with Gasteiger partial charge in [0, 0.05) is 6.54 Å².